The van der Waals surface area contributed by atoms with E-state index in [4.69, 9.17) is 10.5 Å². The Morgan fingerprint density at radius 1 is 1.22 bits per heavy atom. The first kappa shape index (κ1) is 23.4. The van der Waals surface area contributed by atoms with E-state index in [1.807, 2.05) is 20.8 Å². The van der Waals surface area contributed by atoms with Crippen LogP contribution in [0.1, 0.15) is 50.7 Å². The lowest BCUT2D eigenvalue weighted by atomic mass is 9.97. The van der Waals surface area contributed by atoms with Gasteiger partial charge in [0.05, 0.1) is 5.69 Å². The van der Waals surface area contributed by atoms with E-state index < -0.39 is 17.5 Å². The molecule has 0 atom stereocenters. The van der Waals surface area contributed by atoms with Crippen LogP contribution in [0.15, 0.2) is 18.2 Å². The number of nitrogen functional groups attached to an aromatic ring is 1. The Labute approximate surface area is 184 Å². The first-order valence-corrected chi connectivity index (χ1v) is 10.2. The molecule has 32 heavy (non-hydrogen) atoms. The van der Waals surface area contributed by atoms with Gasteiger partial charge in [0.2, 0.25) is 0 Å². The smallest absolute Gasteiger partial charge is 0.435 e. The lowest BCUT2D eigenvalue weighted by Crippen LogP contribution is -2.41. The third kappa shape index (κ3) is 5.72. The Balaban J connectivity index is 1.72. The second-order valence-electron chi connectivity index (χ2n) is 8.70. The number of amides is 1. The summed E-state index contributed by atoms with van der Waals surface area (Å²) in [5, 5.41) is 3.61. The molecule has 7 nitrogen and oxygen atoms in total. The van der Waals surface area contributed by atoms with E-state index in [-0.39, 0.29) is 23.5 Å². The van der Waals surface area contributed by atoms with Crippen molar-refractivity contribution in [3.8, 4) is 17.7 Å². The largest absolute Gasteiger partial charge is 0.444 e. The summed E-state index contributed by atoms with van der Waals surface area (Å²) >= 11 is 0. The number of anilines is 1. The van der Waals surface area contributed by atoms with E-state index >= 15 is 0 Å². The lowest BCUT2D eigenvalue weighted by Gasteiger charge is -2.31. The summed E-state index contributed by atoms with van der Waals surface area (Å²) in [6.07, 6.45) is -3.52. The number of carbonyl (C=O) groups is 1. The van der Waals surface area contributed by atoms with Crippen molar-refractivity contribution in [2.45, 2.75) is 52.3 Å². The number of halogens is 3. The van der Waals surface area contributed by atoms with Gasteiger partial charge in [0, 0.05) is 24.7 Å². The van der Waals surface area contributed by atoms with Crippen LogP contribution in [-0.4, -0.2) is 44.4 Å². The number of ether oxygens (including phenoxy) is 1. The standard InChI is InChI=1S/C22H26F3N5O2/c1-14-13-18(22(23,24)25)28-30(14)19-8-6-16(26)17(27-19)7-5-15-9-11-29(12-10-15)20(31)32-21(2,3)4/h6,8,13,15H,9-12,26H2,1-4H3. The molecular weight excluding hydrogens is 423 g/mol. The van der Waals surface area contributed by atoms with Gasteiger partial charge in [-0.25, -0.2) is 14.5 Å². The van der Waals surface area contributed by atoms with Gasteiger partial charge in [-0.15, -0.1) is 0 Å². The number of aryl methyl sites for hydroxylation is 1. The van der Waals surface area contributed by atoms with Crippen molar-refractivity contribution in [3.05, 3.63) is 35.3 Å². The normalized spacial score (nSPS) is 15.3. The quantitative estimate of drug-likeness (QED) is 0.661. The fourth-order valence-electron chi connectivity index (χ4n) is 3.23. The van der Waals surface area contributed by atoms with Crippen LogP contribution in [-0.2, 0) is 10.9 Å². The molecule has 3 heterocycles. The molecule has 2 aromatic rings. The zero-order chi connectivity index (χ0) is 23.7. The Morgan fingerprint density at radius 3 is 2.44 bits per heavy atom. The summed E-state index contributed by atoms with van der Waals surface area (Å²) in [7, 11) is 0. The van der Waals surface area contributed by atoms with Crippen LogP contribution >= 0.6 is 0 Å². The molecule has 0 radical (unpaired) electrons. The molecule has 1 aliphatic heterocycles. The van der Waals surface area contributed by atoms with Gasteiger partial charge in [-0.3, -0.25) is 0 Å². The minimum Gasteiger partial charge on any atom is -0.444 e. The van der Waals surface area contributed by atoms with Gasteiger partial charge in [-0.2, -0.15) is 18.3 Å². The van der Waals surface area contributed by atoms with Crippen molar-refractivity contribution in [1.29, 1.82) is 0 Å². The number of hydrogen-bond acceptors (Lipinski definition) is 5. The summed E-state index contributed by atoms with van der Waals surface area (Å²) in [6, 6.07) is 4.01. The number of likely N-dealkylation sites (tertiary alicyclic amines) is 1. The van der Waals surface area contributed by atoms with E-state index in [0.717, 1.165) is 10.7 Å². The highest BCUT2D eigenvalue weighted by Gasteiger charge is 2.34. The summed E-state index contributed by atoms with van der Waals surface area (Å²) in [4.78, 5) is 18.1. The van der Waals surface area contributed by atoms with Crippen LogP contribution in [0.5, 0.6) is 0 Å². The van der Waals surface area contributed by atoms with E-state index in [9.17, 15) is 18.0 Å². The topological polar surface area (TPSA) is 86.3 Å². The number of pyridine rings is 1. The van der Waals surface area contributed by atoms with Gasteiger partial charge >= 0.3 is 12.3 Å². The molecule has 10 heteroatoms. The highest BCUT2D eigenvalue weighted by molar-refractivity contribution is 5.68. The third-order valence-electron chi connectivity index (χ3n) is 4.85. The Kier molecular flexibility index (Phi) is 6.39. The fraction of sp³-hybridized carbons (Fsp3) is 0.500. The zero-order valence-electron chi connectivity index (χ0n) is 18.5. The first-order valence-electron chi connectivity index (χ1n) is 10.2. The number of alkyl halides is 3. The van der Waals surface area contributed by atoms with Crippen molar-refractivity contribution < 1.29 is 22.7 Å². The molecule has 0 aromatic carbocycles. The van der Waals surface area contributed by atoms with Gasteiger partial charge < -0.3 is 15.4 Å². The fourth-order valence-corrected chi connectivity index (χ4v) is 3.23. The summed E-state index contributed by atoms with van der Waals surface area (Å²) in [6.45, 7) is 8.05. The van der Waals surface area contributed by atoms with Crippen LogP contribution in [0.2, 0.25) is 0 Å². The maximum atomic E-state index is 13.0. The molecular formula is C22H26F3N5O2. The summed E-state index contributed by atoms with van der Waals surface area (Å²) in [5.74, 6) is 6.32. The van der Waals surface area contributed by atoms with Crippen LogP contribution in [0.4, 0.5) is 23.7 Å². The van der Waals surface area contributed by atoms with E-state index in [1.165, 1.54) is 13.0 Å². The second-order valence-corrected chi connectivity index (χ2v) is 8.70. The average molecular weight is 449 g/mol. The minimum absolute atomic E-state index is 0.0433. The molecule has 0 spiro atoms. The number of nitrogens with zero attached hydrogens (tertiary/aromatic N) is 4. The Hall–Kier alpha value is -3.22. The predicted octanol–water partition coefficient (Wildman–Crippen LogP) is 4.18. The lowest BCUT2D eigenvalue weighted by molar-refractivity contribution is -0.141. The molecule has 2 aromatic heterocycles. The minimum atomic E-state index is -4.54. The molecule has 3 rings (SSSR count). The zero-order valence-corrected chi connectivity index (χ0v) is 18.5. The van der Waals surface area contributed by atoms with Crippen LogP contribution < -0.4 is 5.73 Å². The van der Waals surface area contributed by atoms with Crippen LogP contribution in [0.3, 0.4) is 0 Å². The van der Waals surface area contributed by atoms with Crippen LogP contribution in [0.25, 0.3) is 5.82 Å². The molecule has 0 unspecified atom stereocenters. The summed E-state index contributed by atoms with van der Waals surface area (Å²) < 4.78 is 45.4. The molecule has 1 aliphatic rings. The van der Waals surface area contributed by atoms with Gasteiger partial charge in [0.25, 0.3) is 0 Å². The SMILES string of the molecule is Cc1cc(C(F)(F)F)nn1-c1ccc(N)c(C#CC2CCN(C(=O)OC(C)(C)C)CC2)n1. The number of nitrogens with two attached hydrogens (primary N) is 1. The second kappa shape index (κ2) is 8.73. The van der Waals surface area contributed by atoms with Gasteiger partial charge in [0.15, 0.2) is 11.5 Å². The molecule has 1 fully saturated rings. The van der Waals surface area contributed by atoms with Gasteiger partial charge in [0.1, 0.15) is 11.3 Å². The molecule has 1 saturated heterocycles. The van der Waals surface area contributed by atoms with Crippen molar-refractivity contribution in [2.75, 3.05) is 18.8 Å². The van der Waals surface area contributed by atoms with E-state index in [1.54, 1.807) is 11.0 Å². The average Bonchev–Trinajstić information content (AvgIpc) is 3.08. The molecule has 0 bridgehead atoms. The molecule has 0 aliphatic carbocycles. The highest BCUT2D eigenvalue weighted by atomic mass is 19.4. The van der Waals surface area contributed by atoms with Crippen molar-refractivity contribution in [2.24, 2.45) is 5.92 Å². The Morgan fingerprint density at radius 2 is 1.88 bits per heavy atom. The van der Waals surface area contributed by atoms with Gasteiger partial charge in [-0.05, 0) is 64.7 Å². The number of carbonyl (C=O) groups excluding carboxylic acids is 1. The van der Waals surface area contributed by atoms with Crippen molar-refractivity contribution in [1.82, 2.24) is 19.7 Å². The predicted molar refractivity (Wildman–Crippen MR) is 113 cm³/mol. The third-order valence-corrected chi connectivity index (χ3v) is 4.85. The van der Waals surface area contributed by atoms with E-state index in [2.05, 4.69) is 21.9 Å². The maximum Gasteiger partial charge on any atom is 0.435 e. The maximum absolute atomic E-state index is 13.0. The molecule has 2 N–H and O–H groups in total. The summed E-state index contributed by atoms with van der Waals surface area (Å²) in [5.41, 5.74) is 5.34. The monoisotopic (exact) mass is 449 g/mol. The van der Waals surface area contributed by atoms with E-state index in [0.29, 0.717) is 37.3 Å². The van der Waals surface area contributed by atoms with Gasteiger partial charge in [-0.1, -0.05) is 5.92 Å². The number of aromatic nitrogens is 3. The Bertz CT molecular complexity index is 1050. The molecule has 172 valence electrons. The number of hydrogen-bond donors (Lipinski definition) is 1. The van der Waals surface area contributed by atoms with Crippen molar-refractivity contribution >= 4 is 11.8 Å². The highest BCUT2D eigenvalue weighted by Crippen LogP contribution is 2.29. The molecule has 0 saturated carbocycles. The number of rotatable bonds is 1. The van der Waals surface area contributed by atoms with Crippen LogP contribution in [0, 0.1) is 24.7 Å². The molecule has 1 amide bonds. The number of piperidine rings is 1. The first-order chi connectivity index (χ1) is 14.8. The van der Waals surface area contributed by atoms with Crippen molar-refractivity contribution in [3.63, 3.8) is 0 Å².